The molecule has 4 heterocycles. The number of anilines is 1. The minimum absolute atomic E-state index is 0.0287. The summed E-state index contributed by atoms with van der Waals surface area (Å²) in [5, 5.41) is 4.57. The van der Waals surface area contributed by atoms with E-state index in [1.165, 1.54) is 0 Å². The fourth-order valence-corrected chi connectivity index (χ4v) is 3.31. The van der Waals surface area contributed by atoms with Gasteiger partial charge in [0.1, 0.15) is 5.82 Å². The van der Waals surface area contributed by atoms with Crippen LogP contribution in [0.25, 0.3) is 17.4 Å². The Bertz CT molecular complexity index is 910. The number of nitrogens with zero attached hydrogens (tertiary/aromatic N) is 5. The van der Waals surface area contributed by atoms with Gasteiger partial charge < -0.3 is 14.1 Å². The summed E-state index contributed by atoms with van der Waals surface area (Å²) >= 11 is 0. The SMILES string of the molecule is CCOC(=O)C1CCN(c2cc(C)nc3nc(-c4ccco4)nn23)CC1. The molecule has 0 atom stereocenters. The zero-order valence-corrected chi connectivity index (χ0v) is 14.9. The van der Waals surface area contributed by atoms with Gasteiger partial charge in [-0.25, -0.2) is 4.98 Å². The number of carbonyl (C=O) groups excluding carboxylic acids is 1. The largest absolute Gasteiger partial charge is 0.466 e. The van der Waals surface area contributed by atoms with Crippen molar-refractivity contribution < 1.29 is 13.9 Å². The van der Waals surface area contributed by atoms with Gasteiger partial charge in [-0.3, -0.25) is 4.79 Å². The van der Waals surface area contributed by atoms with Crippen LogP contribution in [-0.2, 0) is 9.53 Å². The molecule has 0 aliphatic carbocycles. The molecule has 0 N–H and O–H groups in total. The molecule has 0 unspecified atom stereocenters. The molecule has 0 amide bonds. The second kappa shape index (κ2) is 6.78. The zero-order chi connectivity index (χ0) is 18.1. The van der Waals surface area contributed by atoms with Gasteiger partial charge in [0.15, 0.2) is 5.76 Å². The number of hydrogen-bond donors (Lipinski definition) is 0. The van der Waals surface area contributed by atoms with Crippen LogP contribution in [0.2, 0.25) is 0 Å². The Balaban J connectivity index is 1.61. The molecule has 1 saturated heterocycles. The van der Waals surface area contributed by atoms with E-state index in [0.717, 1.165) is 37.4 Å². The third-order valence-corrected chi connectivity index (χ3v) is 4.60. The van der Waals surface area contributed by atoms with Crippen molar-refractivity contribution in [3.05, 3.63) is 30.2 Å². The minimum atomic E-state index is -0.0935. The molecule has 0 aromatic carbocycles. The Morgan fingerprint density at radius 2 is 2.15 bits per heavy atom. The lowest BCUT2D eigenvalue weighted by Gasteiger charge is -2.32. The van der Waals surface area contributed by atoms with Gasteiger partial charge in [0.05, 0.1) is 18.8 Å². The third-order valence-electron chi connectivity index (χ3n) is 4.60. The molecule has 26 heavy (non-hydrogen) atoms. The van der Waals surface area contributed by atoms with Crippen LogP contribution >= 0.6 is 0 Å². The molecule has 8 nitrogen and oxygen atoms in total. The number of hydrogen-bond acceptors (Lipinski definition) is 7. The van der Waals surface area contributed by atoms with E-state index in [1.807, 2.05) is 26.0 Å². The van der Waals surface area contributed by atoms with Crippen molar-refractivity contribution in [2.24, 2.45) is 5.92 Å². The predicted molar refractivity (Wildman–Crippen MR) is 94.8 cm³/mol. The summed E-state index contributed by atoms with van der Waals surface area (Å²) < 4.78 is 12.3. The first-order valence-electron chi connectivity index (χ1n) is 8.85. The molecule has 0 radical (unpaired) electrons. The number of furan rings is 1. The van der Waals surface area contributed by atoms with Crippen LogP contribution in [0.15, 0.2) is 28.9 Å². The molecule has 136 valence electrons. The molecule has 4 rings (SSSR count). The van der Waals surface area contributed by atoms with Crippen LogP contribution in [0.4, 0.5) is 5.82 Å². The number of carbonyl (C=O) groups is 1. The normalized spacial score (nSPS) is 15.5. The number of fused-ring (bicyclic) bond motifs is 1. The zero-order valence-electron chi connectivity index (χ0n) is 14.9. The van der Waals surface area contributed by atoms with Crippen molar-refractivity contribution in [1.82, 2.24) is 19.6 Å². The first-order valence-corrected chi connectivity index (χ1v) is 8.85. The molecule has 1 aliphatic rings. The molecule has 0 bridgehead atoms. The summed E-state index contributed by atoms with van der Waals surface area (Å²) in [5.74, 6) is 2.47. The van der Waals surface area contributed by atoms with Crippen LogP contribution in [0.1, 0.15) is 25.5 Å². The van der Waals surface area contributed by atoms with E-state index >= 15 is 0 Å². The van der Waals surface area contributed by atoms with Crippen LogP contribution < -0.4 is 4.90 Å². The highest BCUT2D eigenvalue weighted by atomic mass is 16.5. The summed E-state index contributed by atoms with van der Waals surface area (Å²) in [6.07, 6.45) is 3.13. The van der Waals surface area contributed by atoms with Crippen molar-refractivity contribution in [2.75, 3.05) is 24.6 Å². The summed E-state index contributed by atoms with van der Waals surface area (Å²) in [4.78, 5) is 23.1. The first-order chi connectivity index (χ1) is 12.7. The Hall–Kier alpha value is -2.90. The molecule has 0 saturated carbocycles. The fourth-order valence-electron chi connectivity index (χ4n) is 3.31. The van der Waals surface area contributed by atoms with E-state index in [2.05, 4.69) is 20.0 Å². The van der Waals surface area contributed by atoms with Gasteiger partial charge in [0.2, 0.25) is 5.82 Å². The topological polar surface area (TPSA) is 85.8 Å². The summed E-state index contributed by atoms with van der Waals surface area (Å²) in [5.41, 5.74) is 0.874. The lowest BCUT2D eigenvalue weighted by Crippen LogP contribution is -2.38. The quantitative estimate of drug-likeness (QED) is 0.665. The number of esters is 1. The lowest BCUT2D eigenvalue weighted by atomic mass is 9.97. The molecular weight excluding hydrogens is 334 g/mol. The summed E-state index contributed by atoms with van der Waals surface area (Å²) in [7, 11) is 0. The Kier molecular flexibility index (Phi) is 4.32. The van der Waals surface area contributed by atoms with Gasteiger partial charge in [-0.05, 0) is 38.8 Å². The van der Waals surface area contributed by atoms with E-state index in [9.17, 15) is 4.79 Å². The minimum Gasteiger partial charge on any atom is -0.466 e. The van der Waals surface area contributed by atoms with Gasteiger partial charge in [0.25, 0.3) is 5.78 Å². The average Bonchev–Trinajstić information content (AvgIpc) is 3.30. The fraction of sp³-hybridized carbons (Fsp3) is 0.444. The van der Waals surface area contributed by atoms with Gasteiger partial charge in [-0.2, -0.15) is 9.50 Å². The molecule has 1 aliphatic heterocycles. The van der Waals surface area contributed by atoms with Crippen molar-refractivity contribution >= 4 is 17.6 Å². The molecule has 0 spiro atoms. The van der Waals surface area contributed by atoms with Crippen LogP contribution in [0.5, 0.6) is 0 Å². The highest BCUT2D eigenvalue weighted by Gasteiger charge is 2.27. The van der Waals surface area contributed by atoms with Gasteiger partial charge in [-0.1, -0.05) is 0 Å². The Labute approximate surface area is 150 Å². The first kappa shape index (κ1) is 16.6. The third kappa shape index (κ3) is 3.02. The van der Waals surface area contributed by atoms with Crippen molar-refractivity contribution in [3.63, 3.8) is 0 Å². The maximum Gasteiger partial charge on any atom is 0.309 e. The van der Waals surface area contributed by atoms with E-state index in [0.29, 0.717) is 24.0 Å². The van der Waals surface area contributed by atoms with Gasteiger partial charge in [-0.15, -0.1) is 5.10 Å². The monoisotopic (exact) mass is 355 g/mol. The van der Waals surface area contributed by atoms with Crippen LogP contribution in [0.3, 0.4) is 0 Å². The average molecular weight is 355 g/mol. The highest BCUT2D eigenvalue weighted by molar-refractivity contribution is 5.72. The molecule has 3 aromatic heterocycles. The predicted octanol–water partition coefficient (Wildman–Crippen LogP) is 2.47. The van der Waals surface area contributed by atoms with Crippen LogP contribution in [-0.4, -0.2) is 45.2 Å². The smallest absolute Gasteiger partial charge is 0.309 e. The lowest BCUT2D eigenvalue weighted by molar-refractivity contribution is -0.148. The maximum absolute atomic E-state index is 12.0. The number of piperidine rings is 1. The van der Waals surface area contributed by atoms with Crippen LogP contribution in [0, 0.1) is 12.8 Å². The number of aromatic nitrogens is 4. The number of aryl methyl sites for hydroxylation is 1. The molecule has 3 aromatic rings. The second-order valence-electron chi connectivity index (χ2n) is 6.39. The molecule has 1 fully saturated rings. The summed E-state index contributed by atoms with van der Waals surface area (Å²) in [6, 6.07) is 5.63. The van der Waals surface area contributed by atoms with Gasteiger partial charge >= 0.3 is 5.97 Å². The Morgan fingerprint density at radius 1 is 1.35 bits per heavy atom. The van der Waals surface area contributed by atoms with Crippen molar-refractivity contribution in [2.45, 2.75) is 26.7 Å². The second-order valence-corrected chi connectivity index (χ2v) is 6.39. The number of rotatable bonds is 4. The maximum atomic E-state index is 12.0. The van der Waals surface area contributed by atoms with Crippen molar-refractivity contribution in [1.29, 1.82) is 0 Å². The van der Waals surface area contributed by atoms with E-state index in [4.69, 9.17) is 9.15 Å². The van der Waals surface area contributed by atoms with E-state index in [-0.39, 0.29) is 11.9 Å². The van der Waals surface area contributed by atoms with Crippen molar-refractivity contribution in [3.8, 4) is 11.6 Å². The standard InChI is InChI=1S/C18H21N5O3/c1-3-25-17(24)13-6-8-22(9-7-13)15-11-12(2)19-18-20-16(21-23(15)18)14-5-4-10-26-14/h4-5,10-11,13H,3,6-9H2,1-2H3. The van der Waals surface area contributed by atoms with E-state index in [1.54, 1.807) is 16.8 Å². The Morgan fingerprint density at radius 3 is 2.85 bits per heavy atom. The number of ether oxygens (including phenoxy) is 1. The molecule has 8 heteroatoms. The highest BCUT2D eigenvalue weighted by Crippen LogP contribution is 2.26. The van der Waals surface area contributed by atoms with Gasteiger partial charge in [0, 0.05) is 24.8 Å². The molecular formula is C18H21N5O3. The summed E-state index contributed by atoms with van der Waals surface area (Å²) in [6.45, 7) is 5.73. The van der Waals surface area contributed by atoms with E-state index < -0.39 is 0 Å².